The number of benzene rings is 2. The molecule has 0 aliphatic heterocycles. The van der Waals surface area contributed by atoms with Crippen molar-refractivity contribution in [3.63, 3.8) is 0 Å². The molecule has 1 N–H and O–H groups in total. The number of hydrogen-bond acceptors (Lipinski definition) is 4. The number of furan rings is 1. The number of carbonyl (C=O) groups excluding carboxylic acids is 1. The summed E-state index contributed by atoms with van der Waals surface area (Å²) >= 11 is 0. The second-order valence-electron chi connectivity index (χ2n) is 8.33. The van der Waals surface area contributed by atoms with Crippen molar-refractivity contribution in [2.75, 3.05) is 0 Å². The highest BCUT2D eigenvalue weighted by molar-refractivity contribution is 6.12. The summed E-state index contributed by atoms with van der Waals surface area (Å²) in [6, 6.07) is 9.92. The van der Waals surface area contributed by atoms with Crippen LogP contribution in [0.1, 0.15) is 67.4 Å². The van der Waals surface area contributed by atoms with Gasteiger partial charge in [-0.1, -0.05) is 45.0 Å². The molecular weight excluding hydrogens is 381 g/mol. The molecule has 4 nitrogen and oxygen atoms in total. The summed E-state index contributed by atoms with van der Waals surface area (Å²) in [5, 5.41) is 13.9. The van der Waals surface area contributed by atoms with Crippen LogP contribution in [0.5, 0.6) is 0 Å². The Balaban J connectivity index is 2.01. The highest BCUT2D eigenvalue weighted by Gasteiger charge is 2.24. The van der Waals surface area contributed by atoms with Gasteiger partial charge < -0.3 is 9.62 Å². The molecular formula is C25H26FNO3. The first-order chi connectivity index (χ1) is 14.2. The van der Waals surface area contributed by atoms with Crippen molar-refractivity contribution in [2.24, 2.45) is 5.16 Å². The highest BCUT2D eigenvalue weighted by atomic mass is 19.1. The molecule has 5 heteroatoms. The first kappa shape index (κ1) is 21.5. The third-order valence-electron chi connectivity index (χ3n) is 5.06. The molecule has 0 atom stereocenters. The number of fused-ring (bicyclic) bond motifs is 1. The third-order valence-corrected chi connectivity index (χ3v) is 5.06. The van der Waals surface area contributed by atoms with Crippen molar-refractivity contribution in [1.29, 1.82) is 0 Å². The molecule has 0 unspecified atom stereocenters. The normalized spacial score (nSPS) is 12.8. The van der Waals surface area contributed by atoms with Gasteiger partial charge in [-0.25, -0.2) is 4.39 Å². The lowest BCUT2D eigenvalue weighted by molar-refractivity contribution is 0.101. The van der Waals surface area contributed by atoms with E-state index in [0.717, 1.165) is 28.7 Å². The van der Waals surface area contributed by atoms with Gasteiger partial charge in [0.15, 0.2) is 5.78 Å². The van der Waals surface area contributed by atoms with Crippen LogP contribution in [-0.4, -0.2) is 16.7 Å². The smallest absolute Gasteiger partial charge is 0.159 e. The number of hydrogen-bond donors (Lipinski definition) is 1. The molecule has 1 heterocycles. The third kappa shape index (κ3) is 4.20. The van der Waals surface area contributed by atoms with Crippen molar-refractivity contribution in [3.8, 4) is 0 Å². The van der Waals surface area contributed by atoms with Crippen molar-refractivity contribution >= 4 is 28.5 Å². The number of oxime groups is 1. The van der Waals surface area contributed by atoms with Crippen LogP contribution in [0.15, 0.2) is 52.0 Å². The van der Waals surface area contributed by atoms with Crippen LogP contribution in [-0.2, 0) is 11.8 Å². The average molecular weight is 407 g/mol. The fraction of sp³-hybridized carbons (Fsp3) is 0.280. The molecule has 0 radical (unpaired) electrons. The number of carbonyl (C=O) groups is 1. The number of halogens is 1. The largest absolute Gasteiger partial charge is 0.461 e. The molecule has 2 aromatic carbocycles. The van der Waals surface area contributed by atoms with E-state index in [-0.39, 0.29) is 11.2 Å². The number of allylic oxidation sites excluding steroid dienone is 1. The molecule has 0 bridgehead atoms. The molecule has 0 aliphatic rings. The zero-order valence-corrected chi connectivity index (χ0v) is 17.9. The quantitative estimate of drug-likeness (QED) is 0.226. The van der Waals surface area contributed by atoms with Crippen LogP contribution in [0.4, 0.5) is 4.39 Å². The zero-order chi connectivity index (χ0) is 22.1. The van der Waals surface area contributed by atoms with Crippen LogP contribution in [0.25, 0.3) is 17.0 Å². The van der Waals surface area contributed by atoms with E-state index in [1.807, 2.05) is 18.2 Å². The molecule has 156 valence electrons. The van der Waals surface area contributed by atoms with Crippen LogP contribution < -0.4 is 0 Å². The molecule has 1 aromatic heterocycles. The molecule has 0 fully saturated rings. The summed E-state index contributed by atoms with van der Waals surface area (Å²) in [6.45, 7) is 9.86. The van der Waals surface area contributed by atoms with E-state index in [1.54, 1.807) is 12.1 Å². The highest BCUT2D eigenvalue weighted by Crippen LogP contribution is 2.36. The maximum absolute atomic E-state index is 14.3. The Hall–Kier alpha value is -3.21. The summed E-state index contributed by atoms with van der Waals surface area (Å²) in [4.78, 5) is 11.4. The minimum Gasteiger partial charge on any atom is -0.461 e. The van der Waals surface area contributed by atoms with Crippen molar-refractivity contribution in [2.45, 2.75) is 46.5 Å². The first-order valence-corrected chi connectivity index (χ1v) is 9.92. The van der Waals surface area contributed by atoms with Crippen LogP contribution in [0, 0.1) is 5.82 Å². The van der Waals surface area contributed by atoms with Gasteiger partial charge in [0.05, 0.1) is 0 Å². The summed E-state index contributed by atoms with van der Waals surface area (Å²) in [5.74, 6) is 0.237. The number of rotatable bonds is 5. The number of aryl methyl sites for hydroxylation is 1. The molecule has 0 saturated heterocycles. The molecule has 30 heavy (non-hydrogen) atoms. The van der Waals surface area contributed by atoms with E-state index in [9.17, 15) is 14.4 Å². The van der Waals surface area contributed by atoms with Crippen molar-refractivity contribution < 1.29 is 18.8 Å². The number of nitrogens with zero attached hydrogens (tertiary/aromatic N) is 1. The second-order valence-corrected chi connectivity index (χ2v) is 8.33. The fourth-order valence-electron chi connectivity index (χ4n) is 3.62. The van der Waals surface area contributed by atoms with Gasteiger partial charge in [-0.15, -0.1) is 0 Å². The summed E-state index contributed by atoms with van der Waals surface area (Å²) in [7, 11) is 0. The van der Waals surface area contributed by atoms with Gasteiger partial charge in [-0.05, 0) is 48.8 Å². The lowest BCUT2D eigenvalue weighted by Gasteiger charge is -2.19. The van der Waals surface area contributed by atoms with Crippen LogP contribution >= 0.6 is 0 Å². The molecule has 3 rings (SSSR count). The van der Waals surface area contributed by atoms with Crippen LogP contribution in [0.2, 0.25) is 0 Å². The predicted molar refractivity (Wildman–Crippen MR) is 118 cm³/mol. The van der Waals surface area contributed by atoms with E-state index in [0.29, 0.717) is 22.4 Å². The van der Waals surface area contributed by atoms with Crippen molar-refractivity contribution in [3.05, 3.63) is 76.3 Å². The lowest BCUT2D eigenvalue weighted by atomic mass is 9.84. The van der Waals surface area contributed by atoms with Gasteiger partial charge >= 0.3 is 0 Å². The average Bonchev–Trinajstić information content (AvgIpc) is 3.07. The SMILES string of the molecule is CCc1oc2ccc(C(/C=C/c3ccc(C(C)=O)cc3F)=N/O)cc2c1C(C)(C)C. The van der Waals surface area contributed by atoms with Gasteiger partial charge in [0.2, 0.25) is 0 Å². The molecule has 0 aliphatic carbocycles. The van der Waals surface area contributed by atoms with E-state index >= 15 is 0 Å². The van der Waals surface area contributed by atoms with E-state index in [1.165, 1.54) is 25.1 Å². The van der Waals surface area contributed by atoms with E-state index < -0.39 is 5.82 Å². The monoisotopic (exact) mass is 407 g/mol. The Morgan fingerprint density at radius 2 is 1.87 bits per heavy atom. The predicted octanol–water partition coefficient (Wildman–Crippen LogP) is 6.53. The number of Topliss-reactive ketones (excluding diaryl/α,β-unsaturated/α-hetero) is 1. The minimum absolute atomic E-state index is 0.108. The van der Waals surface area contributed by atoms with Gasteiger partial charge in [0.25, 0.3) is 0 Å². The van der Waals surface area contributed by atoms with Crippen LogP contribution in [0.3, 0.4) is 0 Å². The Labute approximate surface area is 175 Å². The Kier molecular flexibility index (Phi) is 5.92. The topological polar surface area (TPSA) is 62.8 Å². The Bertz CT molecular complexity index is 1160. The van der Waals surface area contributed by atoms with E-state index in [2.05, 4.69) is 32.9 Å². The molecule has 0 spiro atoms. The summed E-state index contributed by atoms with van der Waals surface area (Å²) < 4.78 is 20.3. The van der Waals surface area contributed by atoms with Crippen molar-refractivity contribution in [1.82, 2.24) is 0 Å². The van der Waals surface area contributed by atoms with Gasteiger partial charge in [0, 0.05) is 34.1 Å². The summed E-state index contributed by atoms with van der Waals surface area (Å²) in [5.41, 5.74) is 3.41. The van der Waals surface area contributed by atoms with Gasteiger partial charge in [-0.3, -0.25) is 4.79 Å². The fourth-order valence-corrected chi connectivity index (χ4v) is 3.62. The second kappa shape index (κ2) is 8.27. The minimum atomic E-state index is -0.510. The standard InChI is InChI=1S/C25H26FNO3/c1-6-22-24(25(3,4)5)19-13-18(10-12-23(19)30-22)21(27-29)11-9-16-7-8-17(15(2)28)14-20(16)26/h7-14,29H,6H2,1-5H3/b11-9+,27-21+. The zero-order valence-electron chi connectivity index (χ0n) is 17.9. The van der Waals surface area contributed by atoms with Gasteiger partial charge in [-0.2, -0.15) is 0 Å². The maximum Gasteiger partial charge on any atom is 0.159 e. The van der Waals surface area contributed by atoms with E-state index in [4.69, 9.17) is 4.42 Å². The lowest BCUT2D eigenvalue weighted by Crippen LogP contribution is -2.12. The maximum atomic E-state index is 14.3. The molecule has 0 amide bonds. The Morgan fingerprint density at radius 3 is 2.43 bits per heavy atom. The first-order valence-electron chi connectivity index (χ1n) is 9.92. The Morgan fingerprint density at radius 1 is 1.17 bits per heavy atom. The number of ketones is 1. The summed E-state index contributed by atoms with van der Waals surface area (Å²) in [6.07, 6.45) is 3.85. The molecule has 0 saturated carbocycles. The van der Waals surface area contributed by atoms with Gasteiger partial charge in [0.1, 0.15) is 22.9 Å². The molecule has 3 aromatic rings.